The van der Waals surface area contributed by atoms with Crippen LogP contribution in [0.25, 0.3) is 10.2 Å². The zero-order chi connectivity index (χ0) is 19.4. The molecular weight excluding hydrogens is 364 g/mol. The van der Waals surface area contributed by atoms with Gasteiger partial charge in [-0.25, -0.2) is 0 Å². The van der Waals surface area contributed by atoms with E-state index in [0.717, 1.165) is 16.0 Å². The molecule has 6 nitrogen and oxygen atoms in total. The molecule has 7 heteroatoms. The van der Waals surface area contributed by atoms with E-state index in [-0.39, 0.29) is 5.91 Å². The number of benzene rings is 2. The van der Waals surface area contributed by atoms with Gasteiger partial charge in [-0.1, -0.05) is 17.4 Å². The summed E-state index contributed by atoms with van der Waals surface area (Å²) in [5, 5.41) is 0. The number of nitrogens with zero attached hydrogens (tertiary/aromatic N) is 2. The zero-order valence-electron chi connectivity index (χ0n) is 15.8. The number of rotatable bonds is 6. The molecule has 0 N–H and O–H groups in total. The van der Waals surface area contributed by atoms with Crippen LogP contribution in [0.15, 0.2) is 41.4 Å². The van der Waals surface area contributed by atoms with Gasteiger partial charge >= 0.3 is 0 Å². The molecule has 0 aliphatic heterocycles. The van der Waals surface area contributed by atoms with Crippen molar-refractivity contribution in [2.24, 2.45) is 4.99 Å². The molecule has 1 aromatic heterocycles. The summed E-state index contributed by atoms with van der Waals surface area (Å²) >= 11 is 1.46. The van der Waals surface area contributed by atoms with E-state index in [1.165, 1.54) is 25.6 Å². The Bertz CT molecular complexity index is 1040. The maximum atomic E-state index is 12.8. The molecule has 0 radical (unpaired) electrons. The van der Waals surface area contributed by atoms with Gasteiger partial charge in [-0.05, 0) is 44.2 Å². The van der Waals surface area contributed by atoms with Crippen LogP contribution in [0.1, 0.15) is 24.2 Å². The van der Waals surface area contributed by atoms with Crippen molar-refractivity contribution >= 4 is 27.5 Å². The highest BCUT2D eigenvalue weighted by atomic mass is 32.1. The molecule has 3 rings (SSSR count). The first-order valence-electron chi connectivity index (χ1n) is 8.69. The van der Waals surface area contributed by atoms with Gasteiger partial charge in [-0.3, -0.25) is 4.79 Å². The predicted octanol–water partition coefficient (Wildman–Crippen LogP) is 3.88. The summed E-state index contributed by atoms with van der Waals surface area (Å²) in [4.78, 5) is 17.8. The fourth-order valence-electron chi connectivity index (χ4n) is 2.90. The number of hydrogen-bond donors (Lipinski definition) is 0. The molecule has 142 valence electrons. The maximum Gasteiger partial charge on any atom is 0.283 e. The van der Waals surface area contributed by atoms with E-state index in [0.29, 0.717) is 35.0 Å². The third kappa shape index (κ3) is 3.68. The van der Waals surface area contributed by atoms with Crippen molar-refractivity contribution in [3.05, 3.63) is 46.8 Å². The van der Waals surface area contributed by atoms with E-state index in [9.17, 15) is 4.79 Å². The van der Waals surface area contributed by atoms with Gasteiger partial charge in [-0.2, -0.15) is 4.99 Å². The Hall–Kier alpha value is -2.80. The Kier molecular flexibility index (Phi) is 5.81. The summed E-state index contributed by atoms with van der Waals surface area (Å²) in [6, 6.07) is 11.1. The molecule has 0 spiro atoms. The topological polar surface area (TPSA) is 62.1 Å². The number of fused-ring (bicyclic) bond motifs is 1. The largest absolute Gasteiger partial charge is 0.494 e. The minimum Gasteiger partial charge on any atom is -0.494 e. The van der Waals surface area contributed by atoms with Crippen molar-refractivity contribution in [3.8, 4) is 17.2 Å². The Morgan fingerprint density at radius 3 is 2.63 bits per heavy atom. The summed E-state index contributed by atoms with van der Waals surface area (Å²) in [6.45, 7) is 5.29. The van der Waals surface area contributed by atoms with Crippen LogP contribution in [0.5, 0.6) is 17.2 Å². The van der Waals surface area contributed by atoms with Gasteiger partial charge in [0.1, 0.15) is 5.75 Å². The number of thiazole rings is 1. The Labute approximate surface area is 161 Å². The number of methoxy groups -OCH3 is 2. The first-order chi connectivity index (χ1) is 13.1. The van der Waals surface area contributed by atoms with Crippen molar-refractivity contribution in [3.63, 3.8) is 0 Å². The lowest BCUT2D eigenvalue weighted by Crippen LogP contribution is -2.16. The van der Waals surface area contributed by atoms with Crippen LogP contribution < -0.4 is 19.0 Å². The van der Waals surface area contributed by atoms with Crippen LogP contribution in [0.2, 0.25) is 0 Å². The fourth-order valence-corrected chi connectivity index (χ4v) is 4.02. The quantitative estimate of drug-likeness (QED) is 0.645. The van der Waals surface area contributed by atoms with Crippen LogP contribution >= 0.6 is 11.3 Å². The highest BCUT2D eigenvalue weighted by Crippen LogP contribution is 2.31. The lowest BCUT2D eigenvalue weighted by molar-refractivity contribution is 0.0994. The minimum atomic E-state index is -0.371. The van der Waals surface area contributed by atoms with Crippen molar-refractivity contribution < 1.29 is 19.0 Å². The summed E-state index contributed by atoms with van der Waals surface area (Å²) < 4.78 is 19.2. The first-order valence-corrected chi connectivity index (χ1v) is 9.50. The number of amides is 1. The molecule has 2 aromatic carbocycles. The van der Waals surface area contributed by atoms with Crippen LogP contribution in [0.3, 0.4) is 0 Å². The molecule has 0 unspecified atom stereocenters. The molecule has 0 atom stereocenters. The molecule has 3 aromatic rings. The highest BCUT2D eigenvalue weighted by molar-refractivity contribution is 7.16. The lowest BCUT2D eigenvalue weighted by atomic mass is 10.2. The number of para-hydroxylation sites is 1. The Balaban J connectivity index is 2.11. The average Bonchev–Trinajstić information content (AvgIpc) is 3.03. The standard InChI is InChI=1S/C20H22N2O4S/c1-5-22-15-11-10-13(26-6-2)12-17(15)27-20(22)21-19(23)14-8-7-9-16(24-3)18(14)25-4/h7-12H,5-6H2,1-4H3. The first kappa shape index (κ1) is 19.0. The number of hydrogen-bond acceptors (Lipinski definition) is 5. The van der Waals surface area contributed by atoms with Crippen LogP contribution in [-0.2, 0) is 6.54 Å². The smallest absolute Gasteiger partial charge is 0.283 e. The third-order valence-corrected chi connectivity index (χ3v) is 5.15. The van der Waals surface area contributed by atoms with Crippen LogP contribution in [-0.4, -0.2) is 31.3 Å². The molecular formula is C20H22N2O4S. The predicted molar refractivity (Wildman–Crippen MR) is 106 cm³/mol. The summed E-state index contributed by atoms with van der Waals surface area (Å²) in [7, 11) is 3.05. The molecule has 0 saturated heterocycles. The van der Waals surface area contributed by atoms with Gasteiger partial charge in [0.2, 0.25) is 0 Å². The Morgan fingerprint density at radius 1 is 1.15 bits per heavy atom. The van der Waals surface area contributed by atoms with Gasteiger partial charge in [0.05, 0.1) is 36.6 Å². The second kappa shape index (κ2) is 8.26. The van der Waals surface area contributed by atoms with Gasteiger partial charge in [0.25, 0.3) is 5.91 Å². The summed E-state index contributed by atoms with van der Waals surface area (Å²) in [6.07, 6.45) is 0. The van der Waals surface area contributed by atoms with E-state index in [4.69, 9.17) is 14.2 Å². The van der Waals surface area contributed by atoms with Crippen LogP contribution in [0.4, 0.5) is 0 Å². The number of aromatic nitrogens is 1. The van der Waals surface area contributed by atoms with Crippen molar-refractivity contribution in [1.82, 2.24) is 4.57 Å². The molecule has 0 fully saturated rings. The van der Waals surface area contributed by atoms with E-state index in [2.05, 4.69) is 4.99 Å². The number of ether oxygens (including phenoxy) is 3. The molecule has 1 amide bonds. The summed E-state index contributed by atoms with van der Waals surface area (Å²) in [5.41, 5.74) is 1.39. The van der Waals surface area contributed by atoms with Gasteiger partial charge in [0, 0.05) is 6.54 Å². The molecule has 0 aliphatic carbocycles. The van der Waals surface area contributed by atoms with Crippen molar-refractivity contribution in [1.29, 1.82) is 0 Å². The Morgan fingerprint density at radius 2 is 1.96 bits per heavy atom. The lowest BCUT2D eigenvalue weighted by Gasteiger charge is -2.09. The van der Waals surface area contributed by atoms with E-state index < -0.39 is 0 Å². The maximum absolute atomic E-state index is 12.8. The molecule has 0 saturated carbocycles. The monoisotopic (exact) mass is 386 g/mol. The SMILES string of the molecule is CCOc1ccc2c(c1)sc(=NC(=O)c1cccc(OC)c1OC)n2CC. The second-order valence-corrected chi connectivity index (χ2v) is 6.66. The van der Waals surface area contributed by atoms with E-state index in [1.807, 2.05) is 36.6 Å². The average molecular weight is 386 g/mol. The minimum absolute atomic E-state index is 0.368. The second-order valence-electron chi connectivity index (χ2n) is 5.65. The normalized spacial score (nSPS) is 11.6. The van der Waals surface area contributed by atoms with Gasteiger partial charge in [0.15, 0.2) is 16.3 Å². The number of carbonyl (C=O) groups excluding carboxylic acids is 1. The van der Waals surface area contributed by atoms with E-state index >= 15 is 0 Å². The highest BCUT2D eigenvalue weighted by Gasteiger charge is 2.16. The van der Waals surface area contributed by atoms with Gasteiger partial charge < -0.3 is 18.8 Å². The third-order valence-electron chi connectivity index (χ3n) is 4.11. The molecule has 0 bridgehead atoms. The number of aryl methyl sites for hydroxylation is 1. The van der Waals surface area contributed by atoms with Crippen molar-refractivity contribution in [2.75, 3.05) is 20.8 Å². The molecule has 0 aliphatic rings. The molecule has 27 heavy (non-hydrogen) atoms. The van der Waals surface area contributed by atoms with Crippen molar-refractivity contribution in [2.45, 2.75) is 20.4 Å². The number of carbonyl (C=O) groups is 1. The fraction of sp³-hybridized carbons (Fsp3) is 0.300. The van der Waals surface area contributed by atoms with E-state index in [1.54, 1.807) is 18.2 Å². The molecule has 1 heterocycles. The summed E-state index contributed by atoms with van der Waals surface area (Å²) in [5.74, 6) is 1.32. The zero-order valence-corrected chi connectivity index (χ0v) is 16.6. The van der Waals surface area contributed by atoms with Crippen LogP contribution in [0, 0.1) is 0 Å². The van der Waals surface area contributed by atoms with Gasteiger partial charge in [-0.15, -0.1) is 0 Å².